The molecule has 0 unspecified atom stereocenters. The van der Waals surface area contributed by atoms with Crippen LogP contribution in [-0.4, -0.2) is 19.8 Å². The van der Waals surface area contributed by atoms with Gasteiger partial charge in [-0.15, -0.1) is 0 Å². The number of rotatable bonds is 7. The van der Waals surface area contributed by atoms with E-state index in [0.717, 1.165) is 25.1 Å². The van der Waals surface area contributed by atoms with Crippen molar-refractivity contribution in [1.82, 2.24) is 0 Å². The normalized spacial score (nSPS) is 10.4. The van der Waals surface area contributed by atoms with Gasteiger partial charge in [-0.3, -0.25) is 0 Å². The van der Waals surface area contributed by atoms with Crippen LogP contribution in [0.3, 0.4) is 0 Å². The molecule has 0 atom stereocenters. The van der Waals surface area contributed by atoms with Crippen LogP contribution in [0.15, 0.2) is 18.2 Å². The van der Waals surface area contributed by atoms with Gasteiger partial charge in [-0.05, 0) is 24.6 Å². The predicted octanol–water partition coefficient (Wildman–Crippen LogP) is 3.71. The number of anilines is 1. The first kappa shape index (κ1) is 13.3. The second-order valence-electron chi connectivity index (χ2n) is 3.52. The molecule has 1 aromatic carbocycles. The minimum Gasteiger partial charge on any atom is -0.383 e. The molecule has 0 aromatic heterocycles. The molecule has 0 aliphatic rings. The Morgan fingerprint density at radius 3 is 2.88 bits per heavy atom. The second-order valence-corrected chi connectivity index (χ2v) is 3.93. The first-order chi connectivity index (χ1) is 7.74. The molecule has 0 aliphatic carbocycles. The van der Waals surface area contributed by atoms with Gasteiger partial charge in [-0.2, -0.15) is 0 Å². The quantitative estimate of drug-likeness (QED) is 0.740. The summed E-state index contributed by atoms with van der Waals surface area (Å²) >= 11 is 5.57. The Morgan fingerprint density at radius 2 is 2.19 bits per heavy atom. The zero-order valence-corrected chi connectivity index (χ0v) is 10.2. The zero-order chi connectivity index (χ0) is 11.8. The molecule has 1 N–H and O–H groups in total. The van der Waals surface area contributed by atoms with Crippen molar-refractivity contribution in [3.05, 3.63) is 29.0 Å². The molecule has 16 heavy (non-hydrogen) atoms. The SMILES string of the molecule is CCCCOCCNc1ccc(Cl)c(F)c1. The van der Waals surface area contributed by atoms with Crippen molar-refractivity contribution in [2.24, 2.45) is 0 Å². The van der Waals surface area contributed by atoms with Crippen molar-refractivity contribution in [3.63, 3.8) is 0 Å². The molecule has 0 radical (unpaired) electrons. The Morgan fingerprint density at radius 1 is 1.38 bits per heavy atom. The van der Waals surface area contributed by atoms with Gasteiger partial charge >= 0.3 is 0 Å². The van der Waals surface area contributed by atoms with E-state index < -0.39 is 5.82 Å². The third-order valence-electron chi connectivity index (χ3n) is 2.14. The van der Waals surface area contributed by atoms with Gasteiger partial charge in [0, 0.05) is 18.8 Å². The molecule has 1 rings (SSSR count). The Labute approximate surface area is 101 Å². The third-order valence-corrected chi connectivity index (χ3v) is 2.44. The highest BCUT2D eigenvalue weighted by Gasteiger charge is 1.99. The van der Waals surface area contributed by atoms with Crippen LogP contribution >= 0.6 is 11.6 Å². The summed E-state index contributed by atoms with van der Waals surface area (Å²) in [4.78, 5) is 0. The fourth-order valence-corrected chi connectivity index (χ4v) is 1.34. The maximum absolute atomic E-state index is 13.1. The summed E-state index contributed by atoms with van der Waals surface area (Å²) in [5.41, 5.74) is 0.723. The van der Waals surface area contributed by atoms with Gasteiger partial charge in [0.05, 0.1) is 11.6 Å². The van der Waals surface area contributed by atoms with Crippen LogP contribution in [0.25, 0.3) is 0 Å². The van der Waals surface area contributed by atoms with E-state index in [1.54, 1.807) is 6.07 Å². The molecule has 0 saturated heterocycles. The van der Waals surface area contributed by atoms with Crippen LogP contribution in [0.1, 0.15) is 19.8 Å². The summed E-state index contributed by atoms with van der Waals surface area (Å²) in [6, 6.07) is 4.67. The fraction of sp³-hybridized carbons (Fsp3) is 0.500. The van der Waals surface area contributed by atoms with E-state index in [1.807, 2.05) is 0 Å². The first-order valence-electron chi connectivity index (χ1n) is 5.50. The van der Waals surface area contributed by atoms with E-state index in [2.05, 4.69) is 12.2 Å². The lowest BCUT2D eigenvalue weighted by Crippen LogP contribution is -2.10. The monoisotopic (exact) mass is 245 g/mol. The van der Waals surface area contributed by atoms with Crippen molar-refractivity contribution in [2.45, 2.75) is 19.8 Å². The lowest BCUT2D eigenvalue weighted by atomic mass is 10.3. The summed E-state index contributed by atoms with van der Waals surface area (Å²) in [6.45, 7) is 4.21. The lowest BCUT2D eigenvalue weighted by molar-refractivity contribution is 0.141. The van der Waals surface area contributed by atoms with Gasteiger partial charge in [0.15, 0.2) is 0 Å². The standard InChI is InChI=1S/C12H17ClFNO/c1-2-3-7-16-8-6-15-10-4-5-11(13)12(14)9-10/h4-5,9,15H,2-3,6-8H2,1H3. The Kier molecular flexibility index (Phi) is 6.19. The van der Waals surface area contributed by atoms with Gasteiger partial charge in [0.1, 0.15) is 5.82 Å². The van der Waals surface area contributed by atoms with Crippen LogP contribution in [0.5, 0.6) is 0 Å². The van der Waals surface area contributed by atoms with E-state index in [4.69, 9.17) is 16.3 Å². The smallest absolute Gasteiger partial charge is 0.143 e. The number of halogens is 2. The predicted molar refractivity (Wildman–Crippen MR) is 65.6 cm³/mol. The van der Waals surface area contributed by atoms with Gasteiger partial charge < -0.3 is 10.1 Å². The minimum absolute atomic E-state index is 0.143. The van der Waals surface area contributed by atoms with Crippen molar-refractivity contribution >= 4 is 17.3 Å². The van der Waals surface area contributed by atoms with Crippen molar-refractivity contribution < 1.29 is 9.13 Å². The van der Waals surface area contributed by atoms with Gasteiger partial charge in [-0.25, -0.2) is 4.39 Å². The van der Waals surface area contributed by atoms with Crippen molar-refractivity contribution in [2.75, 3.05) is 25.1 Å². The van der Waals surface area contributed by atoms with Gasteiger partial charge in [0.25, 0.3) is 0 Å². The molecule has 0 fully saturated rings. The molecule has 90 valence electrons. The van der Waals surface area contributed by atoms with E-state index >= 15 is 0 Å². The number of unbranched alkanes of at least 4 members (excludes halogenated alkanes) is 1. The Bertz CT molecular complexity index is 320. The van der Waals surface area contributed by atoms with Crippen LogP contribution in [0.4, 0.5) is 10.1 Å². The van der Waals surface area contributed by atoms with E-state index in [9.17, 15) is 4.39 Å². The number of benzene rings is 1. The first-order valence-corrected chi connectivity index (χ1v) is 5.88. The molecule has 0 heterocycles. The van der Waals surface area contributed by atoms with Crippen LogP contribution in [-0.2, 0) is 4.74 Å². The largest absolute Gasteiger partial charge is 0.383 e. The highest BCUT2D eigenvalue weighted by atomic mass is 35.5. The van der Waals surface area contributed by atoms with Crippen LogP contribution < -0.4 is 5.32 Å². The maximum Gasteiger partial charge on any atom is 0.143 e. The molecule has 0 amide bonds. The lowest BCUT2D eigenvalue weighted by Gasteiger charge is -2.07. The highest BCUT2D eigenvalue weighted by Crippen LogP contribution is 2.18. The summed E-state index contributed by atoms with van der Waals surface area (Å²) in [5, 5.41) is 3.21. The molecule has 2 nitrogen and oxygen atoms in total. The maximum atomic E-state index is 13.1. The van der Waals surface area contributed by atoms with Crippen LogP contribution in [0, 0.1) is 5.82 Å². The summed E-state index contributed by atoms with van der Waals surface area (Å²) in [5.74, 6) is -0.404. The third kappa shape index (κ3) is 4.81. The molecular formula is C12H17ClFNO. The summed E-state index contributed by atoms with van der Waals surface area (Å²) in [6.07, 6.45) is 2.21. The molecule has 0 spiro atoms. The van der Waals surface area contributed by atoms with Crippen LogP contribution in [0.2, 0.25) is 5.02 Å². The molecule has 4 heteroatoms. The van der Waals surface area contributed by atoms with Crippen molar-refractivity contribution in [1.29, 1.82) is 0 Å². The molecular weight excluding hydrogens is 229 g/mol. The van der Waals surface area contributed by atoms with Crippen molar-refractivity contribution in [3.8, 4) is 0 Å². The van der Waals surface area contributed by atoms with E-state index in [1.165, 1.54) is 12.1 Å². The highest BCUT2D eigenvalue weighted by molar-refractivity contribution is 6.30. The average Bonchev–Trinajstić information content (AvgIpc) is 2.28. The number of nitrogens with one attached hydrogen (secondary N) is 1. The summed E-state index contributed by atoms with van der Waals surface area (Å²) < 4.78 is 18.4. The van der Waals surface area contributed by atoms with E-state index in [0.29, 0.717) is 13.2 Å². The summed E-state index contributed by atoms with van der Waals surface area (Å²) in [7, 11) is 0. The minimum atomic E-state index is -0.404. The van der Waals surface area contributed by atoms with E-state index in [-0.39, 0.29) is 5.02 Å². The topological polar surface area (TPSA) is 21.3 Å². The zero-order valence-electron chi connectivity index (χ0n) is 9.43. The fourth-order valence-electron chi connectivity index (χ4n) is 1.22. The average molecular weight is 246 g/mol. The number of hydrogen-bond acceptors (Lipinski definition) is 2. The molecule has 1 aromatic rings. The Balaban J connectivity index is 2.19. The number of ether oxygens (including phenoxy) is 1. The molecule has 0 bridgehead atoms. The second kappa shape index (κ2) is 7.47. The molecule has 0 aliphatic heterocycles. The van der Waals surface area contributed by atoms with Gasteiger partial charge in [0.2, 0.25) is 0 Å². The number of hydrogen-bond donors (Lipinski definition) is 1. The Hall–Kier alpha value is -0.800. The molecule has 0 saturated carbocycles. The van der Waals surface area contributed by atoms with Gasteiger partial charge in [-0.1, -0.05) is 24.9 Å².